The summed E-state index contributed by atoms with van der Waals surface area (Å²) in [6.07, 6.45) is 3.57. The van der Waals surface area contributed by atoms with Crippen molar-refractivity contribution >= 4 is 22.6 Å². The van der Waals surface area contributed by atoms with Gasteiger partial charge in [-0.05, 0) is 38.3 Å². The van der Waals surface area contributed by atoms with Crippen molar-refractivity contribution in [1.82, 2.24) is 15.1 Å². The maximum atomic E-state index is 14.2. The van der Waals surface area contributed by atoms with Gasteiger partial charge in [0.1, 0.15) is 5.69 Å². The third-order valence-corrected chi connectivity index (χ3v) is 3.34. The van der Waals surface area contributed by atoms with Crippen LogP contribution < -0.4 is 5.32 Å². The smallest absolute Gasteiger partial charge is 0.183 e. The second-order valence-corrected chi connectivity index (χ2v) is 5.13. The Morgan fingerprint density at radius 2 is 2.19 bits per heavy atom. The molecule has 108 valence electrons. The van der Waals surface area contributed by atoms with Gasteiger partial charge in [0.05, 0.1) is 11.4 Å². The lowest BCUT2D eigenvalue weighted by Crippen LogP contribution is -2.12. The van der Waals surface area contributed by atoms with Gasteiger partial charge in [-0.2, -0.15) is 10.4 Å². The fourth-order valence-electron chi connectivity index (χ4n) is 1.90. The van der Waals surface area contributed by atoms with Gasteiger partial charge < -0.3 is 0 Å². The Morgan fingerprint density at radius 3 is 2.71 bits per heavy atom. The first kappa shape index (κ1) is 15.1. The number of aliphatic imine (C=N–C) groups is 1. The van der Waals surface area contributed by atoms with E-state index >= 15 is 0 Å². The minimum atomic E-state index is -0.417. The summed E-state index contributed by atoms with van der Waals surface area (Å²) < 4.78 is 15.8. The van der Waals surface area contributed by atoms with E-state index in [1.165, 1.54) is 17.8 Å². The highest BCUT2D eigenvalue weighted by atomic mass is 32.2. The molecule has 0 fully saturated rings. The molecule has 0 atom stereocenters. The number of hydrogen-bond acceptors (Lipinski definition) is 4. The van der Waals surface area contributed by atoms with Crippen LogP contribution in [-0.4, -0.2) is 21.2 Å². The van der Waals surface area contributed by atoms with Crippen molar-refractivity contribution in [2.24, 2.45) is 4.99 Å². The Balaban J connectivity index is 2.38. The first-order chi connectivity index (χ1) is 10.0. The summed E-state index contributed by atoms with van der Waals surface area (Å²) in [7, 11) is 0. The molecule has 2 rings (SSSR count). The van der Waals surface area contributed by atoms with Gasteiger partial charge in [0.25, 0.3) is 0 Å². The van der Waals surface area contributed by atoms with Crippen LogP contribution in [0.25, 0.3) is 5.69 Å². The molecule has 1 N–H and O–H groups in total. The maximum absolute atomic E-state index is 14.2. The van der Waals surface area contributed by atoms with E-state index < -0.39 is 5.82 Å². The van der Waals surface area contributed by atoms with E-state index in [1.807, 2.05) is 19.9 Å². The summed E-state index contributed by atoms with van der Waals surface area (Å²) in [4.78, 5) is 4.17. The monoisotopic (exact) mass is 303 g/mol. The van der Waals surface area contributed by atoms with Gasteiger partial charge in [0.2, 0.25) is 0 Å². The molecule has 0 radical (unpaired) electrons. The van der Waals surface area contributed by atoms with E-state index in [2.05, 4.69) is 15.4 Å². The molecule has 0 amide bonds. The van der Waals surface area contributed by atoms with Crippen molar-refractivity contribution in [2.75, 3.05) is 6.26 Å². The van der Waals surface area contributed by atoms with Gasteiger partial charge in [-0.3, -0.25) is 5.32 Å². The van der Waals surface area contributed by atoms with Crippen LogP contribution in [0.3, 0.4) is 0 Å². The summed E-state index contributed by atoms with van der Waals surface area (Å²) in [6.45, 7) is 3.73. The highest BCUT2D eigenvalue weighted by Crippen LogP contribution is 2.22. The molecule has 0 spiro atoms. The van der Waals surface area contributed by atoms with Crippen LogP contribution in [0.1, 0.15) is 11.4 Å². The largest absolute Gasteiger partial charge is 0.271 e. The van der Waals surface area contributed by atoms with Crippen LogP contribution in [0.4, 0.5) is 10.1 Å². The van der Waals surface area contributed by atoms with E-state index in [0.29, 0.717) is 16.5 Å². The van der Waals surface area contributed by atoms with Crippen molar-refractivity contribution in [2.45, 2.75) is 13.8 Å². The Bertz CT molecular complexity index is 729. The number of halogens is 1. The molecule has 1 aromatic heterocycles. The van der Waals surface area contributed by atoms with E-state index in [0.717, 1.165) is 11.4 Å². The number of aromatic nitrogens is 2. The fourth-order valence-corrected chi connectivity index (χ4v) is 2.24. The lowest BCUT2D eigenvalue weighted by atomic mass is 10.2. The van der Waals surface area contributed by atoms with Gasteiger partial charge in [-0.25, -0.2) is 14.1 Å². The van der Waals surface area contributed by atoms with Crippen molar-refractivity contribution < 1.29 is 4.39 Å². The molecular formula is C14H14FN5S. The molecule has 1 aromatic carbocycles. The van der Waals surface area contributed by atoms with Crippen LogP contribution in [0, 0.1) is 31.1 Å². The number of thioether (sulfide) groups is 1. The van der Waals surface area contributed by atoms with E-state index in [1.54, 1.807) is 29.3 Å². The summed E-state index contributed by atoms with van der Waals surface area (Å²) in [5.74, 6) is -0.417. The molecule has 0 saturated heterocycles. The van der Waals surface area contributed by atoms with Gasteiger partial charge >= 0.3 is 0 Å². The van der Waals surface area contributed by atoms with E-state index in [9.17, 15) is 4.39 Å². The first-order valence-corrected chi connectivity index (χ1v) is 7.38. The van der Waals surface area contributed by atoms with E-state index in [-0.39, 0.29) is 0 Å². The normalized spacial score (nSPS) is 11.3. The first-order valence-electron chi connectivity index (χ1n) is 6.16. The van der Waals surface area contributed by atoms with Gasteiger partial charge in [0, 0.05) is 11.8 Å². The standard InChI is InChI=1S/C14H14FN5S/c1-9-6-10(2)20(19-9)13-5-4-11(7-12(13)15)18-14(21-3)17-8-16/h4-7H,1-3H3,(H,17,18). The zero-order chi connectivity index (χ0) is 15.4. The molecule has 0 aliphatic heterocycles. The number of nitrogens with one attached hydrogen (secondary N) is 1. The third kappa shape index (κ3) is 3.41. The molecule has 0 aliphatic carbocycles. The third-order valence-electron chi connectivity index (χ3n) is 2.76. The molecule has 0 bridgehead atoms. The molecular weight excluding hydrogens is 289 g/mol. The van der Waals surface area contributed by atoms with Crippen LogP contribution >= 0.6 is 11.8 Å². The van der Waals surface area contributed by atoms with E-state index in [4.69, 9.17) is 5.26 Å². The lowest BCUT2D eigenvalue weighted by Gasteiger charge is -2.07. The Labute approximate surface area is 126 Å². The van der Waals surface area contributed by atoms with Gasteiger partial charge in [-0.1, -0.05) is 11.8 Å². The van der Waals surface area contributed by atoms with Crippen molar-refractivity contribution in [3.63, 3.8) is 0 Å². The minimum absolute atomic E-state index is 0.374. The Morgan fingerprint density at radius 1 is 1.43 bits per heavy atom. The number of nitriles is 1. The van der Waals surface area contributed by atoms with Crippen molar-refractivity contribution in [1.29, 1.82) is 5.26 Å². The second kappa shape index (κ2) is 6.41. The molecule has 7 heteroatoms. The number of amidine groups is 1. The summed E-state index contributed by atoms with van der Waals surface area (Å²) in [5, 5.41) is 15.7. The second-order valence-electron chi connectivity index (χ2n) is 4.33. The molecule has 0 unspecified atom stereocenters. The molecule has 21 heavy (non-hydrogen) atoms. The quantitative estimate of drug-likeness (QED) is 0.401. The number of rotatable bonds is 2. The molecule has 0 saturated carbocycles. The van der Waals surface area contributed by atoms with Crippen molar-refractivity contribution in [3.05, 3.63) is 41.5 Å². The summed E-state index contributed by atoms with van der Waals surface area (Å²) in [5.41, 5.74) is 2.50. The molecule has 1 heterocycles. The Hall–Kier alpha value is -2.33. The van der Waals surface area contributed by atoms with Crippen molar-refractivity contribution in [3.8, 4) is 11.9 Å². The highest BCUT2D eigenvalue weighted by Gasteiger charge is 2.10. The minimum Gasteiger partial charge on any atom is -0.271 e. The number of nitrogens with zero attached hydrogens (tertiary/aromatic N) is 4. The zero-order valence-corrected chi connectivity index (χ0v) is 12.7. The SMILES string of the molecule is CSC(=Nc1ccc(-n2nc(C)cc2C)c(F)c1)NC#N. The molecule has 0 aliphatic rings. The maximum Gasteiger partial charge on any atom is 0.183 e. The predicted octanol–water partition coefficient (Wildman–Crippen LogP) is 3.05. The number of hydrogen-bond donors (Lipinski definition) is 1. The highest BCUT2D eigenvalue weighted by molar-refractivity contribution is 8.13. The summed E-state index contributed by atoms with van der Waals surface area (Å²) >= 11 is 1.28. The average molecular weight is 303 g/mol. The number of benzene rings is 1. The number of aryl methyl sites for hydroxylation is 2. The van der Waals surface area contributed by atoms with Crippen LogP contribution in [0.2, 0.25) is 0 Å². The van der Waals surface area contributed by atoms with Crippen LogP contribution in [-0.2, 0) is 0 Å². The molecule has 2 aromatic rings. The molecule has 5 nitrogen and oxygen atoms in total. The fraction of sp³-hybridized carbons (Fsp3) is 0.214. The summed E-state index contributed by atoms with van der Waals surface area (Å²) in [6, 6.07) is 6.51. The lowest BCUT2D eigenvalue weighted by molar-refractivity contribution is 0.608. The topological polar surface area (TPSA) is 66.0 Å². The van der Waals surface area contributed by atoms with Gasteiger partial charge in [-0.15, -0.1) is 0 Å². The Kier molecular flexibility index (Phi) is 4.60. The predicted molar refractivity (Wildman–Crippen MR) is 82.4 cm³/mol. The van der Waals surface area contributed by atoms with Crippen LogP contribution in [0.5, 0.6) is 0 Å². The van der Waals surface area contributed by atoms with Gasteiger partial charge in [0.15, 0.2) is 17.2 Å². The van der Waals surface area contributed by atoms with Crippen LogP contribution in [0.15, 0.2) is 29.3 Å². The average Bonchev–Trinajstić information content (AvgIpc) is 2.77. The zero-order valence-electron chi connectivity index (χ0n) is 11.9.